The van der Waals surface area contributed by atoms with Crippen LogP contribution in [0.25, 0.3) is 0 Å². The lowest BCUT2D eigenvalue weighted by Gasteiger charge is -2.07. The number of halogens is 1. The van der Waals surface area contributed by atoms with Gasteiger partial charge in [0.05, 0.1) is 16.2 Å². The van der Waals surface area contributed by atoms with Gasteiger partial charge in [-0.25, -0.2) is 4.39 Å². The van der Waals surface area contributed by atoms with Crippen LogP contribution in [0.3, 0.4) is 0 Å². The maximum Gasteiger partial charge on any atom is 0.274 e. The van der Waals surface area contributed by atoms with E-state index in [2.05, 4.69) is 20.8 Å². The van der Waals surface area contributed by atoms with Gasteiger partial charge >= 0.3 is 0 Å². The van der Waals surface area contributed by atoms with Gasteiger partial charge in [-0.15, -0.1) is 10.2 Å². The molecular weight excluding hydrogens is 451 g/mol. The van der Waals surface area contributed by atoms with Crippen LogP contribution in [0.1, 0.15) is 21.7 Å². The lowest BCUT2D eigenvalue weighted by Crippen LogP contribution is -2.27. The number of aromatic nitrogens is 3. The van der Waals surface area contributed by atoms with Crippen molar-refractivity contribution in [3.05, 3.63) is 75.3 Å². The molecule has 172 valence electrons. The molecule has 0 saturated heterocycles. The van der Waals surface area contributed by atoms with Crippen LogP contribution < -0.4 is 10.6 Å². The first kappa shape index (κ1) is 23.9. The molecule has 1 heterocycles. The van der Waals surface area contributed by atoms with Crippen molar-refractivity contribution < 1.29 is 18.9 Å². The van der Waals surface area contributed by atoms with Crippen LogP contribution in [0.2, 0.25) is 0 Å². The van der Waals surface area contributed by atoms with E-state index in [1.807, 2.05) is 0 Å². The predicted octanol–water partition coefficient (Wildman–Crippen LogP) is 2.87. The van der Waals surface area contributed by atoms with Gasteiger partial charge in [0.2, 0.25) is 5.91 Å². The van der Waals surface area contributed by atoms with E-state index in [-0.39, 0.29) is 29.5 Å². The second kappa shape index (κ2) is 10.7. The summed E-state index contributed by atoms with van der Waals surface area (Å²) in [5, 5.41) is 24.9. The Hall–Kier alpha value is -3.80. The number of hydrogen-bond donors (Lipinski definition) is 2. The molecule has 0 bridgehead atoms. The van der Waals surface area contributed by atoms with Crippen molar-refractivity contribution in [2.45, 2.75) is 18.5 Å². The Morgan fingerprint density at radius 2 is 1.97 bits per heavy atom. The van der Waals surface area contributed by atoms with Crippen molar-refractivity contribution in [3.63, 3.8) is 0 Å². The van der Waals surface area contributed by atoms with Crippen molar-refractivity contribution in [1.82, 2.24) is 20.1 Å². The lowest BCUT2D eigenvalue weighted by molar-refractivity contribution is -0.385. The quantitative estimate of drug-likeness (QED) is 0.278. The van der Waals surface area contributed by atoms with Gasteiger partial charge < -0.3 is 15.2 Å². The highest BCUT2D eigenvalue weighted by molar-refractivity contribution is 7.99. The Morgan fingerprint density at radius 3 is 2.70 bits per heavy atom. The Balaban J connectivity index is 1.50. The van der Waals surface area contributed by atoms with Gasteiger partial charge in [-0.2, -0.15) is 0 Å². The maximum atomic E-state index is 13.7. The van der Waals surface area contributed by atoms with E-state index in [1.54, 1.807) is 36.7 Å². The molecule has 0 radical (unpaired) electrons. The number of thioether (sulfide) groups is 1. The molecule has 0 saturated carbocycles. The summed E-state index contributed by atoms with van der Waals surface area (Å²) in [6, 6.07) is 10.2. The van der Waals surface area contributed by atoms with E-state index in [1.165, 1.54) is 24.3 Å². The summed E-state index contributed by atoms with van der Waals surface area (Å²) in [7, 11) is 1.73. The van der Waals surface area contributed by atoms with Gasteiger partial charge in [-0.3, -0.25) is 19.7 Å². The first-order valence-corrected chi connectivity index (χ1v) is 10.8. The average molecular weight is 473 g/mol. The minimum atomic E-state index is -0.592. The molecule has 12 heteroatoms. The van der Waals surface area contributed by atoms with Crippen LogP contribution in [0.5, 0.6) is 0 Å². The zero-order valence-electron chi connectivity index (χ0n) is 17.9. The fraction of sp³-hybridized carbons (Fsp3) is 0.238. The third-order valence-electron chi connectivity index (χ3n) is 4.70. The molecule has 2 aromatic carbocycles. The number of anilines is 1. The molecule has 2 amide bonds. The van der Waals surface area contributed by atoms with Gasteiger partial charge in [0.1, 0.15) is 11.6 Å². The molecule has 2 N–H and O–H groups in total. The topological polar surface area (TPSA) is 132 Å². The van der Waals surface area contributed by atoms with Crippen LogP contribution in [0.4, 0.5) is 15.8 Å². The number of nitro groups is 1. The molecule has 10 nitrogen and oxygen atoms in total. The fourth-order valence-electron chi connectivity index (χ4n) is 2.93. The van der Waals surface area contributed by atoms with Crippen molar-refractivity contribution in [2.75, 3.05) is 17.6 Å². The largest absolute Gasteiger partial charge is 0.351 e. The summed E-state index contributed by atoms with van der Waals surface area (Å²) < 4.78 is 15.4. The van der Waals surface area contributed by atoms with Gasteiger partial charge in [-0.05, 0) is 25.1 Å². The second-order valence-corrected chi connectivity index (χ2v) is 7.98. The van der Waals surface area contributed by atoms with Crippen LogP contribution >= 0.6 is 11.8 Å². The van der Waals surface area contributed by atoms with Gasteiger partial charge in [-0.1, -0.05) is 30.0 Å². The minimum absolute atomic E-state index is 0.0255. The molecule has 3 rings (SSSR count). The molecular formula is C21H21FN6O4S. The third-order valence-corrected chi connectivity index (χ3v) is 5.72. The first-order chi connectivity index (χ1) is 15.8. The molecule has 33 heavy (non-hydrogen) atoms. The number of hydrogen-bond acceptors (Lipinski definition) is 7. The second-order valence-electron chi connectivity index (χ2n) is 7.04. The summed E-state index contributed by atoms with van der Waals surface area (Å²) in [6.07, 6.45) is 0.365. The van der Waals surface area contributed by atoms with Crippen molar-refractivity contribution in [3.8, 4) is 0 Å². The number of nitrogens with one attached hydrogen (secondary N) is 2. The van der Waals surface area contributed by atoms with E-state index < -0.39 is 16.6 Å². The zero-order chi connectivity index (χ0) is 24.0. The standard InChI is InChI=1S/C21H21FN6O4S/c1-13-7-8-14(11-17(13)28(31)32)24-19(29)12-33-21-26-25-18(27(21)2)9-10-23-20(30)15-5-3-4-6-16(15)22/h3-8,11H,9-10,12H2,1-2H3,(H,23,30)(H,24,29). The summed E-state index contributed by atoms with van der Waals surface area (Å²) >= 11 is 1.15. The van der Waals surface area contributed by atoms with E-state index in [0.717, 1.165) is 11.8 Å². The zero-order valence-corrected chi connectivity index (χ0v) is 18.7. The number of amides is 2. The molecule has 0 aliphatic heterocycles. The number of rotatable bonds is 9. The Morgan fingerprint density at radius 1 is 1.21 bits per heavy atom. The van der Waals surface area contributed by atoms with Gasteiger partial charge in [0.25, 0.3) is 11.6 Å². The maximum absolute atomic E-state index is 13.7. The molecule has 3 aromatic rings. The van der Waals surface area contributed by atoms with E-state index >= 15 is 0 Å². The average Bonchev–Trinajstić information content (AvgIpc) is 3.13. The normalized spacial score (nSPS) is 10.6. The molecule has 1 aromatic heterocycles. The molecule has 0 aliphatic carbocycles. The molecule has 0 fully saturated rings. The van der Waals surface area contributed by atoms with E-state index in [4.69, 9.17) is 0 Å². The smallest absolute Gasteiger partial charge is 0.274 e. The highest BCUT2D eigenvalue weighted by atomic mass is 32.2. The molecule has 0 spiro atoms. The van der Waals surface area contributed by atoms with Gasteiger partial charge in [0.15, 0.2) is 5.16 Å². The van der Waals surface area contributed by atoms with Crippen molar-refractivity contribution in [1.29, 1.82) is 0 Å². The third kappa shape index (κ3) is 6.13. The number of nitro benzene ring substituents is 1. The van der Waals surface area contributed by atoms with Crippen LogP contribution in [0.15, 0.2) is 47.6 Å². The monoisotopic (exact) mass is 472 g/mol. The summed E-state index contributed by atoms with van der Waals surface area (Å²) in [6.45, 7) is 1.85. The van der Waals surface area contributed by atoms with E-state index in [9.17, 15) is 24.1 Å². The number of carbonyl (C=O) groups is 2. The number of aryl methyl sites for hydroxylation is 1. The minimum Gasteiger partial charge on any atom is -0.351 e. The lowest BCUT2D eigenvalue weighted by atomic mass is 10.2. The summed E-state index contributed by atoms with van der Waals surface area (Å²) in [5.74, 6) is -0.845. The fourth-order valence-corrected chi connectivity index (χ4v) is 3.66. The van der Waals surface area contributed by atoms with Gasteiger partial charge in [0, 0.05) is 37.3 Å². The highest BCUT2D eigenvalue weighted by Gasteiger charge is 2.15. The Kier molecular flexibility index (Phi) is 7.72. The van der Waals surface area contributed by atoms with Crippen LogP contribution in [-0.4, -0.2) is 43.8 Å². The first-order valence-electron chi connectivity index (χ1n) is 9.85. The van der Waals surface area contributed by atoms with Crippen molar-refractivity contribution >= 4 is 35.0 Å². The Bertz CT molecular complexity index is 1200. The van der Waals surface area contributed by atoms with Crippen molar-refractivity contribution in [2.24, 2.45) is 7.05 Å². The molecule has 0 aliphatic rings. The van der Waals surface area contributed by atoms with Crippen LogP contribution in [0, 0.1) is 22.9 Å². The number of carbonyl (C=O) groups excluding carboxylic acids is 2. The molecule has 0 atom stereocenters. The predicted molar refractivity (Wildman–Crippen MR) is 121 cm³/mol. The van der Waals surface area contributed by atoms with E-state index in [0.29, 0.717) is 28.7 Å². The SMILES string of the molecule is Cc1ccc(NC(=O)CSc2nnc(CCNC(=O)c3ccccc3F)n2C)cc1[N+](=O)[O-]. The number of nitrogens with zero attached hydrogens (tertiary/aromatic N) is 4. The Labute approximate surface area is 192 Å². The molecule has 0 unspecified atom stereocenters. The summed E-state index contributed by atoms with van der Waals surface area (Å²) in [5.41, 5.74) is 0.739. The highest BCUT2D eigenvalue weighted by Crippen LogP contribution is 2.23. The van der Waals surface area contributed by atoms with Crippen LogP contribution in [-0.2, 0) is 18.3 Å². The number of benzene rings is 2. The summed E-state index contributed by atoms with van der Waals surface area (Å²) in [4.78, 5) is 34.9.